The Morgan fingerprint density at radius 2 is 1.83 bits per heavy atom. The predicted molar refractivity (Wildman–Crippen MR) is 94.6 cm³/mol. The first-order valence-electron chi connectivity index (χ1n) is 9.39. The fourth-order valence-corrected chi connectivity index (χ4v) is 6.85. The molecule has 0 saturated heterocycles. The van der Waals surface area contributed by atoms with E-state index in [0.717, 1.165) is 24.8 Å². The smallest absolute Gasteiger partial charge is 0.119 e. The summed E-state index contributed by atoms with van der Waals surface area (Å²) < 4.78 is 5.65. The monoisotopic (exact) mass is 313 g/mol. The number of rotatable bonds is 5. The van der Waals surface area contributed by atoms with E-state index in [-0.39, 0.29) is 0 Å². The lowest BCUT2D eigenvalue weighted by atomic mass is 9.43. The molecule has 4 aliphatic rings. The third-order valence-electron chi connectivity index (χ3n) is 6.50. The van der Waals surface area contributed by atoms with Gasteiger partial charge in [0.05, 0.1) is 6.61 Å². The summed E-state index contributed by atoms with van der Waals surface area (Å²) in [7, 11) is 0. The molecule has 4 fully saturated rings. The minimum atomic E-state index is 0.379. The van der Waals surface area contributed by atoms with Crippen LogP contribution in [0.2, 0.25) is 0 Å². The lowest BCUT2D eigenvalue weighted by Gasteiger charge is -2.65. The van der Waals surface area contributed by atoms with Gasteiger partial charge >= 0.3 is 0 Å². The Kier molecular flexibility index (Phi) is 3.53. The van der Waals surface area contributed by atoms with Gasteiger partial charge in [-0.15, -0.1) is 0 Å². The van der Waals surface area contributed by atoms with Gasteiger partial charge in [0.1, 0.15) is 5.75 Å². The maximum Gasteiger partial charge on any atom is 0.119 e. The summed E-state index contributed by atoms with van der Waals surface area (Å²) in [6, 6.07) is 8.59. The number of hydrogen-bond acceptors (Lipinski definition) is 2. The molecule has 0 aliphatic heterocycles. The molecule has 5 rings (SSSR count). The van der Waals surface area contributed by atoms with E-state index < -0.39 is 0 Å². The van der Waals surface area contributed by atoms with E-state index in [2.05, 4.69) is 43.4 Å². The van der Waals surface area contributed by atoms with Crippen LogP contribution in [0.4, 0.5) is 0 Å². The topological polar surface area (TPSA) is 21.3 Å². The first-order chi connectivity index (χ1) is 10.9. The zero-order chi connectivity index (χ0) is 16.1. The average molecular weight is 313 g/mol. The summed E-state index contributed by atoms with van der Waals surface area (Å²) in [6.07, 6.45) is 8.51. The van der Waals surface area contributed by atoms with E-state index in [9.17, 15) is 0 Å². The van der Waals surface area contributed by atoms with E-state index in [0.29, 0.717) is 16.4 Å². The molecule has 2 nitrogen and oxygen atoms in total. The maximum absolute atomic E-state index is 5.65. The first-order valence-corrected chi connectivity index (χ1v) is 9.39. The van der Waals surface area contributed by atoms with Crippen LogP contribution in [0.1, 0.15) is 64.9 Å². The molecule has 4 saturated carbocycles. The molecule has 2 heteroatoms. The first kappa shape index (κ1) is 15.5. The Balaban J connectivity index is 1.49. The molecule has 0 amide bonds. The van der Waals surface area contributed by atoms with Gasteiger partial charge < -0.3 is 10.1 Å². The molecule has 0 aromatic heterocycles. The zero-order valence-electron chi connectivity index (χ0n) is 15.0. The van der Waals surface area contributed by atoms with Crippen molar-refractivity contribution < 1.29 is 4.74 Å². The standard InChI is InChI=1S/C21H31NO/c1-4-23-18-7-5-6-16(8-18)12-22-21-11-17-9-19(2,14-21)13-20(3,10-17)15-21/h5-8,17,22H,4,9-15H2,1-3H3. The number of hydrogen-bond donors (Lipinski definition) is 1. The largest absolute Gasteiger partial charge is 0.494 e. The van der Waals surface area contributed by atoms with Crippen LogP contribution in [-0.2, 0) is 6.54 Å². The van der Waals surface area contributed by atoms with E-state index >= 15 is 0 Å². The summed E-state index contributed by atoms with van der Waals surface area (Å²) >= 11 is 0. The molecular weight excluding hydrogens is 282 g/mol. The van der Waals surface area contributed by atoms with Crippen LogP contribution in [0.15, 0.2) is 24.3 Å². The van der Waals surface area contributed by atoms with Crippen molar-refractivity contribution in [3.05, 3.63) is 29.8 Å². The van der Waals surface area contributed by atoms with E-state index in [4.69, 9.17) is 4.74 Å². The average Bonchev–Trinajstić information content (AvgIpc) is 2.42. The Morgan fingerprint density at radius 1 is 1.09 bits per heavy atom. The van der Waals surface area contributed by atoms with Gasteiger partial charge in [-0.25, -0.2) is 0 Å². The highest BCUT2D eigenvalue weighted by Crippen LogP contribution is 2.66. The van der Waals surface area contributed by atoms with Gasteiger partial charge in [-0.2, -0.15) is 0 Å². The second-order valence-corrected chi connectivity index (χ2v) is 9.34. The molecule has 4 bridgehead atoms. The van der Waals surface area contributed by atoms with Crippen LogP contribution in [-0.4, -0.2) is 12.1 Å². The fraction of sp³-hybridized carbons (Fsp3) is 0.714. The van der Waals surface area contributed by atoms with E-state index in [1.165, 1.54) is 44.1 Å². The van der Waals surface area contributed by atoms with Crippen LogP contribution in [0.5, 0.6) is 5.75 Å². The van der Waals surface area contributed by atoms with Crippen LogP contribution in [0.25, 0.3) is 0 Å². The third-order valence-corrected chi connectivity index (χ3v) is 6.50. The highest BCUT2D eigenvalue weighted by atomic mass is 16.5. The van der Waals surface area contributed by atoms with Crippen molar-refractivity contribution in [2.24, 2.45) is 16.7 Å². The highest BCUT2D eigenvalue weighted by Gasteiger charge is 2.59. The SMILES string of the molecule is CCOc1cccc(CNC23CC4CC(C)(CC(C)(C4)C2)C3)c1. The van der Waals surface area contributed by atoms with Crippen molar-refractivity contribution in [3.63, 3.8) is 0 Å². The summed E-state index contributed by atoms with van der Waals surface area (Å²) in [5.41, 5.74) is 2.88. The van der Waals surface area contributed by atoms with Crippen molar-refractivity contribution >= 4 is 0 Å². The molecule has 4 aliphatic carbocycles. The summed E-state index contributed by atoms with van der Waals surface area (Å²) in [5, 5.41) is 4.01. The van der Waals surface area contributed by atoms with Gasteiger partial charge in [-0.05, 0) is 79.9 Å². The number of ether oxygens (including phenoxy) is 1. The lowest BCUT2D eigenvalue weighted by Crippen LogP contribution is -2.63. The van der Waals surface area contributed by atoms with Crippen molar-refractivity contribution in [1.29, 1.82) is 0 Å². The molecule has 0 radical (unpaired) electrons. The Hall–Kier alpha value is -1.02. The minimum Gasteiger partial charge on any atom is -0.494 e. The fourth-order valence-electron chi connectivity index (χ4n) is 6.85. The van der Waals surface area contributed by atoms with Gasteiger partial charge in [0, 0.05) is 12.1 Å². The minimum absolute atomic E-state index is 0.379. The molecule has 2 unspecified atom stereocenters. The van der Waals surface area contributed by atoms with Gasteiger partial charge in [0.15, 0.2) is 0 Å². The molecule has 126 valence electrons. The lowest BCUT2D eigenvalue weighted by molar-refractivity contribution is -0.118. The van der Waals surface area contributed by atoms with Crippen molar-refractivity contribution in [3.8, 4) is 5.75 Å². The Bertz CT molecular complexity index is 577. The summed E-state index contributed by atoms with van der Waals surface area (Å²) in [6.45, 7) is 8.84. The Morgan fingerprint density at radius 3 is 2.48 bits per heavy atom. The van der Waals surface area contributed by atoms with Crippen LogP contribution in [0.3, 0.4) is 0 Å². The summed E-state index contributed by atoms with van der Waals surface area (Å²) in [4.78, 5) is 0. The molecule has 1 N–H and O–H groups in total. The molecule has 1 aromatic rings. The number of nitrogens with one attached hydrogen (secondary N) is 1. The van der Waals surface area contributed by atoms with Crippen molar-refractivity contribution in [2.45, 2.75) is 71.4 Å². The molecule has 0 heterocycles. The van der Waals surface area contributed by atoms with Crippen LogP contribution in [0, 0.1) is 16.7 Å². The molecular formula is C21H31NO. The van der Waals surface area contributed by atoms with Crippen molar-refractivity contribution in [2.75, 3.05) is 6.61 Å². The zero-order valence-corrected chi connectivity index (χ0v) is 15.0. The van der Waals surface area contributed by atoms with E-state index in [1.807, 2.05) is 6.92 Å². The second kappa shape index (κ2) is 5.24. The van der Waals surface area contributed by atoms with E-state index in [1.54, 1.807) is 0 Å². The number of benzene rings is 1. The van der Waals surface area contributed by atoms with Crippen LogP contribution < -0.4 is 10.1 Å². The normalized spacial score (nSPS) is 41.3. The van der Waals surface area contributed by atoms with Gasteiger partial charge in [-0.3, -0.25) is 0 Å². The second-order valence-electron chi connectivity index (χ2n) is 9.34. The molecule has 2 atom stereocenters. The molecule has 0 spiro atoms. The van der Waals surface area contributed by atoms with Gasteiger partial charge in [-0.1, -0.05) is 26.0 Å². The van der Waals surface area contributed by atoms with Crippen molar-refractivity contribution in [1.82, 2.24) is 5.32 Å². The maximum atomic E-state index is 5.65. The van der Waals surface area contributed by atoms with Crippen LogP contribution >= 0.6 is 0 Å². The van der Waals surface area contributed by atoms with Gasteiger partial charge in [0.25, 0.3) is 0 Å². The van der Waals surface area contributed by atoms with Gasteiger partial charge in [0.2, 0.25) is 0 Å². The quantitative estimate of drug-likeness (QED) is 0.832. The highest BCUT2D eigenvalue weighted by molar-refractivity contribution is 5.29. The molecule has 23 heavy (non-hydrogen) atoms. The Labute approximate surface area is 141 Å². The molecule has 1 aromatic carbocycles. The summed E-state index contributed by atoms with van der Waals surface area (Å²) in [5.74, 6) is 1.94. The third kappa shape index (κ3) is 2.91. The predicted octanol–water partition coefficient (Wildman–Crippen LogP) is 4.92.